The second kappa shape index (κ2) is 10.4. The minimum atomic E-state index is -0.527. The molecule has 0 saturated heterocycles. The Morgan fingerprint density at radius 3 is 2.71 bits per heavy atom. The fraction of sp³-hybridized carbons (Fsp3) is 0.316. The van der Waals surface area contributed by atoms with Crippen LogP contribution in [0.5, 0.6) is 5.75 Å². The first kappa shape index (κ1) is 22.7. The lowest BCUT2D eigenvalue weighted by molar-refractivity contribution is -0.139. The Bertz CT molecular complexity index is 1050. The number of hydrogen-bond acceptors (Lipinski definition) is 9. The van der Waals surface area contributed by atoms with E-state index in [4.69, 9.17) is 4.74 Å². The quantitative estimate of drug-likeness (QED) is 0.290. The Morgan fingerprint density at radius 2 is 2.03 bits per heavy atom. The van der Waals surface area contributed by atoms with E-state index >= 15 is 0 Å². The van der Waals surface area contributed by atoms with Crippen LogP contribution in [0.4, 0.5) is 9.52 Å². The van der Waals surface area contributed by atoms with Crippen LogP contribution in [0.1, 0.15) is 30.8 Å². The Kier molecular flexibility index (Phi) is 7.58. The monoisotopic (exact) mass is 465 g/mol. The van der Waals surface area contributed by atoms with Crippen molar-refractivity contribution in [3.63, 3.8) is 0 Å². The summed E-state index contributed by atoms with van der Waals surface area (Å²) in [6, 6.07) is 5.70. The van der Waals surface area contributed by atoms with Crippen molar-refractivity contribution in [2.75, 3.05) is 19.0 Å². The first-order valence-corrected chi connectivity index (χ1v) is 11.0. The number of halogens is 1. The predicted octanol–water partition coefficient (Wildman–Crippen LogP) is 3.56. The number of carbonyl (C=O) groups excluding carboxylic acids is 2. The smallest absolute Gasteiger partial charge is 0.318 e. The van der Waals surface area contributed by atoms with Gasteiger partial charge in [-0.3, -0.25) is 14.9 Å². The summed E-state index contributed by atoms with van der Waals surface area (Å²) in [6.45, 7) is 4.04. The fourth-order valence-electron chi connectivity index (χ4n) is 2.39. The van der Waals surface area contributed by atoms with Crippen molar-refractivity contribution in [2.24, 2.45) is 0 Å². The molecule has 2 heterocycles. The number of nitrogens with one attached hydrogen (secondary N) is 1. The Labute approximate surface area is 186 Å². The van der Waals surface area contributed by atoms with E-state index in [1.165, 1.54) is 35.7 Å². The van der Waals surface area contributed by atoms with Gasteiger partial charge >= 0.3 is 5.97 Å². The number of esters is 1. The number of carbonyl (C=O) groups is 2. The van der Waals surface area contributed by atoms with Crippen LogP contribution in [0.3, 0.4) is 0 Å². The van der Waals surface area contributed by atoms with E-state index < -0.39 is 11.2 Å². The number of amides is 1. The zero-order valence-electron chi connectivity index (χ0n) is 17.0. The summed E-state index contributed by atoms with van der Waals surface area (Å²) in [5.41, 5.74) is 0.637. The van der Waals surface area contributed by atoms with Gasteiger partial charge in [0.05, 0.1) is 25.6 Å². The molecule has 1 N–H and O–H groups in total. The van der Waals surface area contributed by atoms with Crippen LogP contribution in [0.2, 0.25) is 0 Å². The summed E-state index contributed by atoms with van der Waals surface area (Å²) in [7, 11) is 1.31. The number of thioether (sulfide) groups is 1. The van der Waals surface area contributed by atoms with Crippen molar-refractivity contribution < 1.29 is 23.5 Å². The zero-order valence-corrected chi connectivity index (χ0v) is 18.6. The molecular formula is C19H20FN5O4S2. The van der Waals surface area contributed by atoms with Gasteiger partial charge in [0.2, 0.25) is 5.13 Å². The molecule has 2 aromatic heterocycles. The zero-order chi connectivity index (χ0) is 22.4. The van der Waals surface area contributed by atoms with Gasteiger partial charge in [-0.15, -0.1) is 10.2 Å². The number of nitrogens with zero attached hydrogens (tertiary/aromatic N) is 4. The van der Waals surface area contributed by atoms with E-state index in [0.717, 1.165) is 17.8 Å². The highest BCUT2D eigenvalue weighted by Crippen LogP contribution is 2.30. The maximum Gasteiger partial charge on any atom is 0.318 e. The molecule has 31 heavy (non-hydrogen) atoms. The largest absolute Gasteiger partial charge is 0.489 e. The number of aromatic nitrogens is 4. The maximum atomic E-state index is 13.2. The molecule has 3 rings (SSSR count). The van der Waals surface area contributed by atoms with Crippen LogP contribution in [0.15, 0.2) is 34.8 Å². The number of anilines is 1. The summed E-state index contributed by atoms with van der Waals surface area (Å²) in [5, 5.41) is 14.6. The van der Waals surface area contributed by atoms with Gasteiger partial charge in [0.1, 0.15) is 11.1 Å². The van der Waals surface area contributed by atoms with Gasteiger partial charge in [-0.2, -0.15) is 5.10 Å². The predicted molar refractivity (Wildman–Crippen MR) is 115 cm³/mol. The van der Waals surface area contributed by atoms with E-state index in [-0.39, 0.29) is 22.6 Å². The standard InChI is InChI=1S/C19H20FN5O4S2/c1-4-9-29-14-10-25(13-7-5-12(20)6-8-13)24-15(14)16(26)21-18-22-23-19(31-18)30-11(2)17(27)28-3/h5-8,10-11H,4,9H2,1-3H3,(H,21,22,26). The molecule has 0 aliphatic rings. The van der Waals surface area contributed by atoms with E-state index in [9.17, 15) is 14.0 Å². The Hall–Kier alpha value is -2.99. The summed E-state index contributed by atoms with van der Waals surface area (Å²) in [4.78, 5) is 24.4. The molecule has 0 spiro atoms. The molecular weight excluding hydrogens is 445 g/mol. The molecule has 9 nitrogen and oxygen atoms in total. The lowest BCUT2D eigenvalue weighted by Crippen LogP contribution is -2.14. The van der Waals surface area contributed by atoms with Crippen LogP contribution >= 0.6 is 23.1 Å². The molecule has 1 amide bonds. The van der Waals surface area contributed by atoms with Crippen LogP contribution < -0.4 is 10.1 Å². The summed E-state index contributed by atoms with van der Waals surface area (Å²) in [5.74, 6) is -0.986. The van der Waals surface area contributed by atoms with Gasteiger partial charge in [-0.05, 0) is 37.6 Å². The second-order valence-electron chi connectivity index (χ2n) is 6.22. The first-order chi connectivity index (χ1) is 14.9. The molecule has 0 bridgehead atoms. The molecule has 1 aromatic carbocycles. The van der Waals surface area contributed by atoms with Gasteiger partial charge in [0.15, 0.2) is 15.8 Å². The van der Waals surface area contributed by atoms with Crippen molar-refractivity contribution in [3.8, 4) is 11.4 Å². The third kappa shape index (κ3) is 5.79. The van der Waals surface area contributed by atoms with Gasteiger partial charge in [-0.25, -0.2) is 9.07 Å². The van der Waals surface area contributed by atoms with Gasteiger partial charge in [0, 0.05) is 0 Å². The number of ether oxygens (including phenoxy) is 2. The minimum Gasteiger partial charge on any atom is -0.489 e. The molecule has 0 saturated carbocycles. The number of benzene rings is 1. The molecule has 1 unspecified atom stereocenters. The minimum absolute atomic E-state index is 0.0603. The third-order valence-corrected chi connectivity index (χ3v) is 5.89. The summed E-state index contributed by atoms with van der Waals surface area (Å²) >= 11 is 2.31. The summed E-state index contributed by atoms with van der Waals surface area (Å²) in [6.07, 6.45) is 2.31. The molecule has 1 atom stereocenters. The van der Waals surface area contributed by atoms with Crippen LogP contribution in [-0.2, 0) is 9.53 Å². The molecule has 0 aliphatic carbocycles. The lowest BCUT2D eigenvalue weighted by Gasteiger charge is -2.05. The van der Waals surface area contributed by atoms with Gasteiger partial charge < -0.3 is 9.47 Å². The highest BCUT2D eigenvalue weighted by atomic mass is 32.2. The molecule has 3 aromatic rings. The average Bonchev–Trinajstić information content (AvgIpc) is 3.39. The average molecular weight is 466 g/mol. The number of rotatable bonds is 9. The Morgan fingerprint density at radius 1 is 1.29 bits per heavy atom. The third-order valence-electron chi connectivity index (χ3n) is 3.89. The summed E-state index contributed by atoms with van der Waals surface area (Å²) < 4.78 is 25.5. The second-order valence-corrected chi connectivity index (χ2v) is 8.79. The van der Waals surface area contributed by atoms with Crippen LogP contribution in [0.25, 0.3) is 5.69 Å². The van der Waals surface area contributed by atoms with Crippen molar-refractivity contribution >= 4 is 40.1 Å². The van der Waals surface area contributed by atoms with E-state index in [1.807, 2.05) is 6.92 Å². The maximum absolute atomic E-state index is 13.2. The van der Waals surface area contributed by atoms with Gasteiger partial charge in [0.25, 0.3) is 5.91 Å². The van der Waals surface area contributed by atoms with Crippen LogP contribution in [-0.4, -0.2) is 50.8 Å². The highest BCUT2D eigenvalue weighted by Gasteiger charge is 2.22. The van der Waals surface area contributed by atoms with Crippen molar-refractivity contribution in [1.29, 1.82) is 0 Å². The van der Waals surface area contributed by atoms with Crippen molar-refractivity contribution in [2.45, 2.75) is 29.9 Å². The molecule has 0 aliphatic heterocycles. The van der Waals surface area contributed by atoms with Crippen molar-refractivity contribution in [3.05, 3.63) is 42.0 Å². The molecule has 164 valence electrons. The van der Waals surface area contributed by atoms with Crippen LogP contribution in [0, 0.1) is 5.82 Å². The van der Waals surface area contributed by atoms with E-state index in [1.54, 1.807) is 25.3 Å². The van der Waals surface area contributed by atoms with E-state index in [0.29, 0.717) is 22.4 Å². The normalized spacial score (nSPS) is 11.7. The highest BCUT2D eigenvalue weighted by molar-refractivity contribution is 8.02. The number of hydrogen-bond donors (Lipinski definition) is 1. The first-order valence-electron chi connectivity index (χ1n) is 9.29. The van der Waals surface area contributed by atoms with E-state index in [2.05, 4.69) is 25.3 Å². The lowest BCUT2D eigenvalue weighted by atomic mass is 10.3. The van der Waals surface area contributed by atoms with Crippen molar-refractivity contribution in [1.82, 2.24) is 20.0 Å². The van der Waals surface area contributed by atoms with Gasteiger partial charge in [-0.1, -0.05) is 30.0 Å². The molecule has 12 heteroatoms. The fourth-order valence-corrected chi connectivity index (χ4v) is 4.31. The molecule has 0 fully saturated rings. The SMILES string of the molecule is CCCOc1cn(-c2ccc(F)cc2)nc1C(=O)Nc1nnc(SC(C)C(=O)OC)s1. The molecule has 0 radical (unpaired) electrons. The topological polar surface area (TPSA) is 108 Å². The Balaban J connectivity index is 1.77. The number of methoxy groups -OCH3 is 1.